The molecule has 0 unspecified atom stereocenters. The Kier molecular flexibility index (Phi) is 5.73. The zero-order chi connectivity index (χ0) is 18.4. The number of amidine groups is 1. The van der Waals surface area contributed by atoms with E-state index in [1.54, 1.807) is 14.0 Å². The minimum absolute atomic E-state index is 0.259. The van der Waals surface area contributed by atoms with Crippen LogP contribution in [0.3, 0.4) is 0 Å². The Labute approximate surface area is 153 Å². The van der Waals surface area contributed by atoms with Gasteiger partial charge in [0.05, 0.1) is 19.4 Å². The molecule has 2 aromatic rings. The molecule has 6 heteroatoms. The standard InChI is InChI=1S/C20H23N3O3/c1-3-26-20(24)19(22-21-16-10-12-17(25-2)13-11-16)23-14-6-8-15-7-4-5-9-18(15)23/h4-5,7,9-13,21H,3,6,8,14H2,1-2H3/b22-19+. The van der Waals surface area contributed by atoms with Crippen LogP contribution in [0.15, 0.2) is 53.6 Å². The van der Waals surface area contributed by atoms with E-state index in [4.69, 9.17) is 9.47 Å². The third-order valence-corrected chi connectivity index (χ3v) is 4.20. The Morgan fingerprint density at radius 1 is 1.19 bits per heavy atom. The minimum Gasteiger partial charge on any atom is -0.497 e. The van der Waals surface area contributed by atoms with Gasteiger partial charge in [0.2, 0.25) is 5.84 Å². The molecule has 1 heterocycles. The zero-order valence-corrected chi connectivity index (χ0v) is 15.1. The quantitative estimate of drug-likeness (QED) is 0.395. The van der Waals surface area contributed by atoms with Crippen molar-refractivity contribution in [3.63, 3.8) is 0 Å². The van der Waals surface area contributed by atoms with Crippen LogP contribution in [0.5, 0.6) is 5.75 Å². The predicted octanol–water partition coefficient (Wildman–Crippen LogP) is 3.44. The number of aryl methyl sites for hydroxylation is 1. The van der Waals surface area contributed by atoms with Crippen molar-refractivity contribution in [1.29, 1.82) is 0 Å². The fraction of sp³-hybridized carbons (Fsp3) is 0.300. The number of hydrogen-bond acceptors (Lipinski definition) is 5. The third-order valence-electron chi connectivity index (χ3n) is 4.20. The predicted molar refractivity (Wildman–Crippen MR) is 103 cm³/mol. The van der Waals surface area contributed by atoms with Gasteiger partial charge in [-0.25, -0.2) is 4.79 Å². The molecule has 0 spiro atoms. The van der Waals surface area contributed by atoms with Gasteiger partial charge >= 0.3 is 5.97 Å². The van der Waals surface area contributed by atoms with Crippen LogP contribution in [-0.4, -0.2) is 32.1 Å². The van der Waals surface area contributed by atoms with Crippen molar-refractivity contribution in [3.05, 3.63) is 54.1 Å². The van der Waals surface area contributed by atoms with Crippen molar-refractivity contribution < 1.29 is 14.3 Å². The molecular formula is C20H23N3O3. The van der Waals surface area contributed by atoms with E-state index in [2.05, 4.69) is 16.6 Å². The van der Waals surface area contributed by atoms with E-state index in [-0.39, 0.29) is 5.84 Å². The van der Waals surface area contributed by atoms with Gasteiger partial charge in [-0.1, -0.05) is 18.2 Å². The van der Waals surface area contributed by atoms with Gasteiger partial charge in [0.25, 0.3) is 0 Å². The summed E-state index contributed by atoms with van der Waals surface area (Å²) in [5.74, 6) is 0.579. The largest absolute Gasteiger partial charge is 0.497 e. The first kappa shape index (κ1) is 17.8. The summed E-state index contributed by atoms with van der Waals surface area (Å²) in [5.41, 5.74) is 5.93. The molecular weight excluding hydrogens is 330 g/mol. The lowest BCUT2D eigenvalue weighted by atomic mass is 10.0. The SMILES string of the molecule is CCOC(=O)/C(=N\Nc1ccc(OC)cc1)N1CCCc2ccccc21. The summed E-state index contributed by atoms with van der Waals surface area (Å²) in [4.78, 5) is 14.4. The summed E-state index contributed by atoms with van der Waals surface area (Å²) in [6.07, 6.45) is 1.95. The van der Waals surface area contributed by atoms with E-state index in [9.17, 15) is 4.79 Å². The Bertz CT molecular complexity index is 787. The van der Waals surface area contributed by atoms with Crippen LogP contribution in [-0.2, 0) is 16.0 Å². The Hall–Kier alpha value is -3.02. The number of carbonyl (C=O) groups excluding carboxylic acids is 1. The van der Waals surface area contributed by atoms with Gasteiger partial charge < -0.3 is 14.4 Å². The second-order valence-electron chi connectivity index (χ2n) is 5.88. The molecule has 0 saturated heterocycles. The number of hydrogen-bond donors (Lipinski definition) is 1. The van der Waals surface area contributed by atoms with Gasteiger partial charge in [-0.05, 0) is 55.7 Å². The van der Waals surface area contributed by atoms with E-state index in [0.717, 1.165) is 36.5 Å². The molecule has 1 aliphatic heterocycles. The van der Waals surface area contributed by atoms with Crippen molar-refractivity contribution in [2.75, 3.05) is 30.6 Å². The van der Waals surface area contributed by atoms with Crippen molar-refractivity contribution in [3.8, 4) is 5.75 Å². The van der Waals surface area contributed by atoms with Crippen LogP contribution in [0.2, 0.25) is 0 Å². The number of esters is 1. The Morgan fingerprint density at radius 3 is 2.69 bits per heavy atom. The number of ether oxygens (including phenoxy) is 2. The highest BCUT2D eigenvalue weighted by atomic mass is 16.5. The van der Waals surface area contributed by atoms with Gasteiger partial charge in [0, 0.05) is 12.2 Å². The molecule has 0 aliphatic carbocycles. The summed E-state index contributed by atoms with van der Waals surface area (Å²) < 4.78 is 10.4. The van der Waals surface area contributed by atoms with Crippen molar-refractivity contribution in [2.45, 2.75) is 19.8 Å². The van der Waals surface area contributed by atoms with Crippen LogP contribution in [0.4, 0.5) is 11.4 Å². The molecule has 0 radical (unpaired) electrons. The zero-order valence-electron chi connectivity index (χ0n) is 15.1. The molecule has 26 heavy (non-hydrogen) atoms. The van der Waals surface area contributed by atoms with E-state index < -0.39 is 5.97 Å². The maximum atomic E-state index is 12.5. The number of anilines is 2. The summed E-state index contributed by atoms with van der Waals surface area (Å²) >= 11 is 0. The van der Waals surface area contributed by atoms with Crippen molar-refractivity contribution in [2.24, 2.45) is 5.10 Å². The van der Waals surface area contributed by atoms with E-state index in [0.29, 0.717) is 6.61 Å². The second kappa shape index (κ2) is 8.38. The number of nitrogens with one attached hydrogen (secondary N) is 1. The fourth-order valence-electron chi connectivity index (χ4n) is 2.95. The molecule has 0 bridgehead atoms. The highest BCUT2D eigenvalue weighted by Crippen LogP contribution is 2.27. The number of rotatable bonds is 4. The molecule has 0 amide bonds. The molecule has 136 valence electrons. The lowest BCUT2D eigenvalue weighted by Gasteiger charge is -2.30. The van der Waals surface area contributed by atoms with Crippen LogP contribution in [0.1, 0.15) is 18.9 Å². The second-order valence-corrected chi connectivity index (χ2v) is 5.88. The topological polar surface area (TPSA) is 63.2 Å². The highest BCUT2D eigenvalue weighted by molar-refractivity contribution is 6.41. The number of benzene rings is 2. The molecule has 3 rings (SSSR count). The van der Waals surface area contributed by atoms with Crippen LogP contribution in [0, 0.1) is 0 Å². The summed E-state index contributed by atoms with van der Waals surface area (Å²) in [5, 5.41) is 4.37. The van der Waals surface area contributed by atoms with Crippen LogP contribution in [0.25, 0.3) is 0 Å². The van der Waals surface area contributed by atoms with Gasteiger partial charge in [-0.15, -0.1) is 5.10 Å². The minimum atomic E-state index is -0.440. The molecule has 6 nitrogen and oxygen atoms in total. The van der Waals surface area contributed by atoms with E-state index in [1.807, 2.05) is 47.4 Å². The number of methoxy groups -OCH3 is 1. The van der Waals surface area contributed by atoms with Crippen LogP contribution < -0.4 is 15.1 Å². The number of para-hydroxylation sites is 1. The monoisotopic (exact) mass is 353 g/mol. The molecule has 1 N–H and O–H groups in total. The number of carbonyl (C=O) groups is 1. The average Bonchev–Trinajstić information content (AvgIpc) is 2.69. The summed E-state index contributed by atoms with van der Waals surface area (Å²) in [6.45, 7) is 2.81. The van der Waals surface area contributed by atoms with Crippen LogP contribution >= 0.6 is 0 Å². The van der Waals surface area contributed by atoms with Crippen molar-refractivity contribution in [1.82, 2.24) is 0 Å². The third kappa shape index (κ3) is 3.96. The lowest BCUT2D eigenvalue weighted by molar-refractivity contribution is -0.135. The first-order valence-electron chi connectivity index (χ1n) is 8.73. The van der Waals surface area contributed by atoms with Gasteiger partial charge in [-0.3, -0.25) is 5.43 Å². The molecule has 0 atom stereocenters. The molecule has 0 fully saturated rings. The van der Waals surface area contributed by atoms with Gasteiger partial charge in [-0.2, -0.15) is 0 Å². The normalized spacial score (nSPS) is 13.8. The summed E-state index contributed by atoms with van der Waals surface area (Å²) in [6, 6.07) is 15.4. The Morgan fingerprint density at radius 2 is 1.96 bits per heavy atom. The fourth-order valence-corrected chi connectivity index (χ4v) is 2.95. The molecule has 1 aliphatic rings. The maximum Gasteiger partial charge on any atom is 0.376 e. The Balaban J connectivity index is 1.89. The van der Waals surface area contributed by atoms with Crippen molar-refractivity contribution >= 4 is 23.2 Å². The smallest absolute Gasteiger partial charge is 0.376 e. The lowest BCUT2D eigenvalue weighted by Crippen LogP contribution is -2.41. The highest BCUT2D eigenvalue weighted by Gasteiger charge is 2.26. The average molecular weight is 353 g/mol. The molecule has 2 aromatic carbocycles. The first-order valence-corrected chi connectivity index (χ1v) is 8.73. The number of nitrogens with zero attached hydrogens (tertiary/aromatic N) is 2. The molecule has 0 aromatic heterocycles. The summed E-state index contributed by atoms with van der Waals surface area (Å²) in [7, 11) is 1.62. The number of hydrazone groups is 1. The van der Waals surface area contributed by atoms with Gasteiger partial charge in [0.1, 0.15) is 5.75 Å². The maximum absolute atomic E-state index is 12.5. The van der Waals surface area contributed by atoms with Gasteiger partial charge in [0.15, 0.2) is 0 Å². The first-order chi connectivity index (χ1) is 12.7. The molecule has 0 saturated carbocycles. The van der Waals surface area contributed by atoms with E-state index >= 15 is 0 Å². The van der Waals surface area contributed by atoms with E-state index in [1.165, 1.54) is 5.56 Å². The number of fused-ring (bicyclic) bond motifs is 1.